The Hall–Kier alpha value is -4.30. The molecule has 0 bridgehead atoms. The summed E-state index contributed by atoms with van der Waals surface area (Å²) in [6.45, 7) is -2.83. The fourth-order valence-electron chi connectivity index (χ4n) is 7.45. The number of nitrogens with two attached hydrogens (primary N) is 3. The lowest BCUT2D eigenvalue weighted by molar-refractivity contribution is -0.238. The van der Waals surface area contributed by atoms with E-state index in [0.29, 0.717) is 5.75 Å². The van der Waals surface area contributed by atoms with Crippen LogP contribution in [0.15, 0.2) is 40.8 Å². The normalized spacial score (nSPS) is 28.2. The number of nitrogens with one attached hydrogen (secondary N) is 1. The number of anilines is 3. The first-order valence-electron chi connectivity index (χ1n) is 19.9. The predicted octanol–water partition coefficient (Wildman–Crippen LogP) is -2.25. The number of aliphatic hydroxyl groups is 1. The summed E-state index contributed by atoms with van der Waals surface area (Å²) in [6, 6.07) is 1.27. The summed E-state index contributed by atoms with van der Waals surface area (Å²) in [5, 5.41) is 10.1. The van der Waals surface area contributed by atoms with Crippen molar-refractivity contribution in [3.63, 3.8) is 0 Å². The van der Waals surface area contributed by atoms with Gasteiger partial charge in [0.2, 0.25) is 5.95 Å². The van der Waals surface area contributed by atoms with Gasteiger partial charge in [-0.3, -0.25) is 37.2 Å². The molecule has 8 heterocycles. The zero-order valence-corrected chi connectivity index (χ0v) is 38.0. The van der Waals surface area contributed by atoms with Crippen molar-refractivity contribution < 1.29 is 74.8 Å². The van der Waals surface area contributed by atoms with E-state index in [1.165, 1.54) is 34.1 Å². The molecular formula is C32H41N13O18P3S-3. The summed E-state index contributed by atoms with van der Waals surface area (Å²) < 4.78 is 92.3. The van der Waals surface area contributed by atoms with Crippen molar-refractivity contribution in [1.82, 2.24) is 48.6 Å². The van der Waals surface area contributed by atoms with Crippen molar-refractivity contribution in [3.8, 4) is 0 Å². The van der Waals surface area contributed by atoms with E-state index in [1.54, 1.807) is 0 Å². The van der Waals surface area contributed by atoms with Gasteiger partial charge in [-0.1, -0.05) is 0 Å². The van der Waals surface area contributed by atoms with E-state index in [-0.39, 0.29) is 65.8 Å². The van der Waals surface area contributed by atoms with Crippen molar-refractivity contribution in [2.24, 2.45) is 0 Å². The minimum atomic E-state index is -5.53. The summed E-state index contributed by atoms with van der Waals surface area (Å²) in [5.74, 6) is -0.0265. The van der Waals surface area contributed by atoms with Gasteiger partial charge >= 0.3 is 5.69 Å². The molecule has 31 nitrogen and oxygen atoms in total. The number of aromatic nitrogens is 10. The second-order valence-corrected chi connectivity index (χ2v) is 19.5. The molecule has 12 atom stereocenters. The molecule has 0 saturated carbocycles. The summed E-state index contributed by atoms with van der Waals surface area (Å²) in [6.07, 6.45) is -7.77. The van der Waals surface area contributed by atoms with E-state index >= 15 is 0 Å². The van der Waals surface area contributed by atoms with Gasteiger partial charge in [-0.05, 0) is 18.2 Å². The number of aliphatic hydroxyl groups excluding tert-OH is 1. The van der Waals surface area contributed by atoms with Gasteiger partial charge in [0.1, 0.15) is 54.7 Å². The maximum atomic E-state index is 13.6. The third-order valence-corrected chi connectivity index (χ3v) is 13.8. The number of phosphoric ester groups is 3. The molecule has 3 saturated heterocycles. The second kappa shape index (κ2) is 20.0. The standard InChI is InChI=1S/C32H44N13O18P3S/c33-21-2-3-43(32(48)40-21)22-7-16(62-64(49,50)55-4-1-5-67)19(59-22)10-57-66(53,54)63-17-8-24(45-14-39-26-29(45)41-31(35)42-30(26)47)60-20(17)11-56-65(51,52)61-15-6-23(58-18(15)9-46)44-13-38-25-27(34)36-12-37-28(25)44/h2-3,12-20,22-24,46,67H,1,4-11H2,(H,49,50)(H,51,52)(H,53,54)(H2,33,40,48)(H2,34,36,37)(H3,35,41,42,47)/p-3/t15?,16?,17?,18-,19-,20-,22-,23-,24-/m1/s1. The third-order valence-electron chi connectivity index (χ3n) is 10.5. The topological polar surface area (TPSA) is 444 Å². The molecule has 8 rings (SSSR count). The van der Waals surface area contributed by atoms with Gasteiger partial charge in [0.15, 0.2) is 22.6 Å². The first-order chi connectivity index (χ1) is 31.8. The van der Waals surface area contributed by atoms with E-state index in [0.717, 1.165) is 10.9 Å². The van der Waals surface area contributed by atoms with Gasteiger partial charge < -0.3 is 78.3 Å². The molecule has 0 aliphatic carbocycles. The van der Waals surface area contributed by atoms with Gasteiger partial charge in [-0.25, -0.2) is 24.7 Å². The highest BCUT2D eigenvalue weighted by molar-refractivity contribution is 7.80. The number of fused-ring (bicyclic) bond motifs is 2. The molecule has 3 aliphatic rings. The van der Waals surface area contributed by atoms with Crippen molar-refractivity contribution in [2.75, 3.05) is 49.4 Å². The largest absolute Gasteiger partial charge is 0.756 e. The number of nitrogens with zero attached hydrogens (tertiary/aromatic N) is 9. The van der Waals surface area contributed by atoms with Crippen LogP contribution < -0.4 is 43.1 Å². The van der Waals surface area contributed by atoms with E-state index in [2.05, 4.69) is 47.5 Å². The van der Waals surface area contributed by atoms with E-state index in [4.69, 9.17) is 58.6 Å². The van der Waals surface area contributed by atoms with Gasteiger partial charge in [-0.2, -0.15) is 22.6 Å². The van der Waals surface area contributed by atoms with Gasteiger partial charge in [0.05, 0.1) is 57.4 Å². The molecular weight excluding hydrogens is 979 g/mol. The average molecular weight is 1020 g/mol. The molecule has 6 unspecified atom stereocenters. The van der Waals surface area contributed by atoms with Crippen LogP contribution in [0.3, 0.4) is 0 Å². The van der Waals surface area contributed by atoms with Crippen molar-refractivity contribution in [1.29, 1.82) is 0 Å². The highest BCUT2D eigenvalue weighted by Gasteiger charge is 2.45. The van der Waals surface area contributed by atoms with Crippen LogP contribution in [-0.2, 0) is 55.0 Å². The predicted molar refractivity (Wildman–Crippen MR) is 222 cm³/mol. The molecule has 366 valence electrons. The number of thiol groups is 1. The Morgan fingerprint density at radius 1 is 0.746 bits per heavy atom. The molecule has 0 aromatic carbocycles. The Balaban J connectivity index is 0.979. The van der Waals surface area contributed by atoms with Crippen molar-refractivity contribution in [2.45, 2.75) is 81.0 Å². The van der Waals surface area contributed by atoms with Crippen molar-refractivity contribution in [3.05, 3.63) is 52.1 Å². The summed E-state index contributed by atoms with van der Waals surface area (Å²) in [5.41, 5.74) is 15.9. The summed E-state index contributed by atoms with van der Waals surface area (Å²) in [7, 11) is -15.9. The minimum Gasteiger partial charge on any atom is -0.756 e. The Morgan fingerprint density at radius 3 is 1.87 bits per heavy atom. The minimum absolute atomic E-state index is 0.0844. The molecule has 67 heavy (non-hydrogen) atoms. The van der Waals surface area contributed by atoms with Gasteiger partial charge in [0.25, 0.3) is 29.0 Å². The van der Waals surface area contributed by atoms with E-state index in [9.17, 15) is 43.1 Å². The Bertz CT molecular complexity index is 2850. The van der Waals surface area contributed by atoms with Crippen LogP contribution in [0.4, 0.5) is 17.6 Å². The maximum absolute atomic E-state index is 13.6. The van der Waals surface area contributed by atoms with E-state index < -0.39 is 116 Å². The van der Waals surface area contributed by atoms with Crippen LogP contribution in [0.5, 0.6) is 0 Å². The number of phosphoric acid groups is 3. The van der Waals surface area contributed by atoms with Gasteiger partial charge in [0, 0.05) is 25.5 Å². The molecule has 3 aliphatic heterocycles. The lowest BCUT2D eigenvalue weighted by atomic mass is 10.2. The first-order valence-corrected chi connectivity index (χ1v) is 24.9. The maximum Gasteiger partial charge on any atom is 0.351 e. The number of H-pyrrole nitrogens is 1. The quantitative estimate of drug-likeness (QED) is 0.0272. The molecule has 35 heteroatoms. The second-order valence-electron chi connectivity index (χ2n) is 15.0. The number of ether oxygens (including phenoxy) is 3. The molecule has 0 radical (unpaired) electrons. The number of nitrogen functional groups attached to an aromatic ring is 3. The van der Waals surface area contributed by atoms with Crippen LogP contribution >= 0.6 is 36.1 Å². The summed E-state index contributed by atoms with van der Waals surface area (Å²) >= 11 is 4.01. The number of hydrogen-bond acceptors (Lipinski definition) is 28. The Kier molecular flexibility index (Phi) is 14.6. The summed E-state index contributed by atoms with van der Waals surface area (Å²) in [4.78, 5) is 91.1. The number of hydrogen-bond donors (Lipinski definition) is 6. The Labute approximate surface area is 381 Å². The van der Waals surface area contributed by atoms with Crippen LogP contribution in [0, 0.1) is 0 Å². The highest BCUT2D eigenvalue weighted by atomic mass is 32.1. The molecule has 0 amide bonds. The SMILES string of the molecule is Nc1ccn([C@H]2CC(OP(=O)([O-])OCCCS)[C@@H](COP(=O)([O-])OC3C[C@H](n4cnc5c(=O)[nH]c(N)nc54)O[C@@H]3COP(=O)([O-])OC3C[C@H](n4cnc5c(N)ncnc54)O[C@@H]3CO)O2)c(=O)n1. The van der Waals surface area contributed by atoms with Crippen LogP contribution in [0.25, 0.3) is 22.3 Å². The Morgan fingerprint density at radius 2 is 1.28 bits per heavy atom. The lowest BCUT2D eigenvalue weighted by Gasteiger charge is -2.32. The number of imidazole rings is 2. The first kappa shape index (κ1) is 49.1. The lowest BCUT2D eigenvalue weighted by Crippen LogP contribution is -2.34. The molecule has 0 spiro atoms. The van der Waals surface area contributed by atoms with Crippen molar-refractivity contribution >= 4 is 76.0 Å². The van der Waals surface area contributed by atoms with Crippen LogP contribution in [0.1, 0.15) is 44.4 Å². The average Bonchev–Trinajstić information content (AvgIpc) is 4.10. The smallest absolute Gasteiger partial charge is 0.351 e. The van der Waals surface area contributed by atoms with E-state index in [1.807, 2.05) is 0 Å². The number of aromatic amines is 1. The van der Waals surface area contributed by atoms with Crippen LogP contribution in [0.2, 0.25) is 0 Å². The zero-order valence-electron chi connectivity index (χ0n) is 34.4. The number of rotatable bonds is 20. The molecule has 5 aromatic rings. The van der Waals surface area contributed by atoms with Gasteiger partial charge in [-0.15, -0.1) is 0 Å². The zero-order chi connectivity index (χ0) is 47.8. The fraction of sp³-hybridized carbons (Fsp3) is 0.562. The molecule has 5 aromatic heterocycles. The molecule has 8 N–H and O–H groups in total. The highest BCUT2D eigenvalue weighted by Crippen LogP contribution is 2.50. The monoisotopic (exact) mass is 1020 g/mol. The van der Waals surface area contributed by atoms with Crippen LogP contribution in [-0.4, -0.2) is 122 Å². The fourth-order valence-corrected chi connectivity index (χ4v) is 10.4. The molecule has 3 fully saturated rings. The third kappa shape index (κ3) is 11.3.